The van der Waals surface area contributed by atoms with Crippen molar-refractivity contribution in [3.8, 4) is 0 Å². The first-order chi connectivity index (χ1) is 9.01. The Labute approximate surface area is 120 Å². The third kappa shape index (κ3) is 4.23. The Balaban J connectivity index is 3.00. The van der Waals surface area contributed by atoms with Crippen LogP contribution >= 0.6 is 12.6 Å². The first-order valence-electron chi connectivity index (χ1n) is 6.80. The number of hydrogen-bond donors (Lipinski definition) is 1. The number of thiol groups is 1. The van der Waals surface area contributed by atoms with Gasteiger partial charge in [-0.2, -0.15) is 0 Å². The maximum Gasteiger partial charge on any atom is 0.257 e. The molecular formula is C15H22FNOS. The van der Waals surface area contributed by atoms with Crippen molar-refractivity contribution in [1.82, 2.24) is 4.90 Å². The molecule has 1 amide bonds. The molecule has 106 valence electrons. The van der Waals surface area contributed by atoms with Crippen LogP contribution in [0.1, 0.15) is 50.4 Å². The maximum atomic E-state index is 13.8. The molecule has 0 saturated carbocycles. The lowest BCUT2D eigenvalue weighted by molar-refractivity contribution is 0.0680. The molecule has 0 aromatic heterocycles. The van der Waals surface area contributed by atoms with E-state index in [0.717, 1.165) is 19.3 Å². The van der Waals surface area contributed by atoms with Crippen LogP contribution in [0.25, 0.3) is 0 Å². The molecule has 1 aromatic carbocycles. The van der Waals surface area contributed by atoms with E-state index in [4.69, 9.17) is 0 Å². The highest BCUT2D eigenvalue weighted by molar-refractivity contribution is 7.80. The molecule has 1 unspecified atom stereocenters. The van der Waals surface area contributed by atoms with Gasteiger partial charge in [-0.3, -0.25) is 4.79 Å². The lowest BCUT2D eigenvalue weighted by Crippen LogP contribution is -2.39. The highest BCUT2D eigenvalue weighted by Gasteiger charge is 2.22. The monoisotopic (exact) mass is 283 g/mol. The topological polar surface area (TPSA) is 20.3 Å². The highest BCUT2D eigenvalue weighted by Crippen LogP contribution is 2.18. The number of carbonyl (C=O) groups excluding carboxylic acids is 1. The first-order valence-corrected chi connectivity index (χ1v) is 7.25. The molecule has 0 spiro atoms. The summed E-state index contributed by atoms with van der Waals surface area (Å²) < 4.78 is 13.8. The molecular weight excluding hydrogens is 261 g/mol. The van der Waals surface area contributed by atoms with Crippen molar-refractivity contribution < 1.29 is 9.18 Å². The van der Waals surface area contributed by atoms with Crippen LogP contribution in [0.15, 0.2) is 23.1 Å². The van der Waals surface area contributed by atoms with Crippen molar-refractivity contribution in [3.63, 3.8) is 0 Å². The van der Waals surface area contributed by atoms with Crippen LogP contribution in [-0.2, 0) is 0 Å². The quantitative estimate of drug-likeness (QED) is 0.777. The highest BCUT2D eigenvalue weighted by atomic mass is 32.1. The number of unbranched alkanes of at least 4 members (excludes halogenated alkanes) is 1. The first kappa shape index (κ1) is 16.0. The fourth-order valence-corrected chi connectivity index (χ4v) is 2.11. The largest absolute Gasteiger partial charge is 0.336 e. The SMILES string of the molecule is CCCCN(C(=O)c1cc(S)ccc1F)C(C)CC. The summed E-state index contributed by atoms with van der Waals surface area (Å²) in [4.78, 5) is 14.8. The molecule has 0 aliphatic rings. The van der Waals surface area contributed by atoms with E-state index in [-0.39, 0.29) is 17.5 Å². The van der Waals surface area contributed by atoms with E-state index in [1.807, 2.05) is 13.8 Å². The molecule has 0 heterocycles. The Morgan fingerprint density at radius 2 is 2.11 bits per heavy atom. The smallest absolute Gasteiger partial charge is 0.257 e. The van der Waals surface area contributed by atoms with Gasteiger partial charge >= 0.3 is 0 Å². The van der Waals surface area contributed by atoms with E-state index in [2.05, 4.69) is 19.6 Å². The molecule has 19 heavy (non-hydrogen) atoms. The van der Waals surface area contributed by atoms with E-state index in [0.29, 0.717) is 11.4 Å². The molecule has 1 rings (SSSR count). The Kier molecular flexibility index (Phi) is 6.35. The Morgan fingerprint density at radius 3 is 2.68 bits per heavy atom. The summed E-state index contributed by atoms with van der Waals surface area (Å²) in [5.41, 5.74) is 0.115. The zero-order chi connectivity index (χ0) is 14.4. The average Bonchev–Trinajstić information content (AvgIpc) is 2.41. The molecule has 2 nitrogen and oxygen atoms in total. The molecule has 0 aliphatic heterocycles. The molecule has 0 saturated heterocycles. The normalized spacial score (nSPS) is 12.3. The zero-order valence-corrected chi connectivity index (χ0v) is 12.7. The van der Waals surface area contributed by atoms with Crippen molar-refractivity contribution in [1.29, 1.82) is 0 Å². The van der Waals surface area contributed by atoms with Gasteiger partial charge in [0, 0.05) is 17.5 Å². The average molecular weight is 283 g/mol. The second-order valence-electron chi connectivity index (χ2n) is 4.77. The lowest BCUT2D eigenvalue weighted by Gasteiger charge is -2.29. The lowest BCUT2D eigenvalue weighted by atomic mass is 10.1. The third-order valence-electron chi connectivity index (χ3n) is 3.32. The summed E-state index contributed by atoms with van der Waals surface area (Å²) in [6.07, 6.45) is 2.80. The van der Waals surface area contributed by atoms with Crippen molar-refractivity contribution in [3.05, 3.63) is 29.6 Å². The number of carbonyl (C=O) groups is 1. The number of benzene rings is 1. The van der Waals surface area contributed by atoms with Gasteiger partial charge in [0.1, 0.15) is 5.82 Å². The summed E-state index contributed by atoms with van der Waals surface area (Å²) >= 11 is 4.17. The minimum absolute atomic E-state index is 0.113. The second kappa shape index (κ2) is 7.53. The fourth-order valence-electron chi connectivity index (χ4n) is 1.90. The predicted molar refractivity (Wildman–Crippen MR) is 79.3 cm³/mol. The van der Waals surface area contributed by atoms with Crippen LogP contribution in [0, 0.1) is 5.82 Å². The van der Waals surface area contributed by atoms with Crippen molar-refractivity contribution in [2.24, 2.45) is 0 Å². The number of amides is 1. The van der Waals surface area contributed by atoms with E-state index >= 15 is 0 Å². The number of halogens is 1. The summed E-state index contributed by atoms with van der Waals surface area (Å²) in [6.45, 7) is 6.77. The van der Waals surface area contributed by atoms with Gasteiger partial charge < -0.3 is 4.90 Å². The van der Waals surface area contributed by atoms with E-state index < -0.39 is 5.82 Å². The minimum Gasteiger partial charge on any atom is -0.336 e. The minimum atomic E-state index is -0.479. The van der Waals surface area contributed by atoms with Gasteiger partial charge in [0.2, 0.25) is 0 Å². The van der Waals surface area contributed by atoms with Crippen LogP contribution in [0.4, 0.5) is 4.39 Å². The van der Waals surface area contributed by atoms with E-state index in [1.165, 1.54) is 12.1 Å². The summed E-state index contributed by atoms with van der Waals surface area (Å²) in [7, 11) is 0. The second-order valence-corrected chi connectivity index (χ2v) is 5.29. The van der Waals surface area contributed by atoms with Crippen LogP contribution in [-0.4, -0.2) is 23.4 Å². The fraction of sp³-hybridized carbons (Fsp3) is 0.533. The Bertz CT molecular complexity index is 436. The van der Waals surface area contributed by atoms with Crippen LogP contribution in [0.5, 0.6) is 0 Å². The van der Waals surface area contributed by atoms with Crippen LogP contribution < -0.4 is 0 Å². The molecule has 0 N–H and O–H groups in total. The predicted octanol–water partition coefficient (Wildman–Crippen LogP) is 4.16. The summed E-state index contributed by atoms with van der Waals surface area (Å²) in [5.74, 6) is -0.719. The van der Waals surface area contributed by atoms with Gasteiger partial charge in [-0.1, -0.05) is 20.3 Å². The third-order valence-corrected chi connectivity index (χ3v) is 3.59. The number of rotatable bonds is 6. The molecule has 0 bridgehead atoms. The van der Waals surface area contributed by atoms with Gasteiger partial charge in [-0.15, -0.1) is 12.6 Å². The van der Waals surface area contributed by atoms with Gasteiger partial charge in [0.05, 0.1) is 5.56 Å². The summed E-state index contributed by atoms with van der Waals surface area (Å²) in [6, 6.07) is 4.46. The van der Waals surface area contributed by atoms with Crippen LogP contribution in [0.3, 0.4) is 0 Å². The molecule has 1 atom stereocenters. The standard InChI is InChI=1S/C15H22FNOS/c1-4-6-9-17(11(3)5-2)15(18)13-10-12(19)7-8-14(13)16/h7-8,10-11,19H,4-6,9H2,1-3H3. The van der Waals surface area contributed by atoms with Gasteiger partial charge in [0.15, 0.2) is 0 Å². The molecule has 0 fully saturated rings. The Hall–Kier alpha value is -1.03. The van der Waals surface area contributed by atoms with Crippen molar-refractivity contribution in [2.45, 2.75) is 51.0 Å². The van der Waals surface area contributed by atoms with Crippen molar-refractivity contribution in [2.75, 3.05) is 6.54 Å². The summed E-state index contributed by atoms with van der Waals surface area (Å²) in [5, 5.41) is 0. The van der Waals surface area contributed by atoms with Gasteiger partial charge in [0.25, 0.3) is 5.91 Å². The van der Waals surface area contributed by atoms with Crippen molar-refractivity contribution >= 4 is 18.5 Å². The Morgan fingerprint density at radius 1 is 1.42 bits per heavy atom. The van der Waals surface area contributed by atoms with Crippen LogP contribution in [0.2, 0.25) is 0 Å². The number of nitrogens with zero attached hydrogens (tertiary/aromatic N) is 1. The zero-order valence-electron chi connectivity index (χ0n) is 11.8. The molecule has 0 aliphatic carbocycles. The maximum absolute atomic E-state index is 13.8. The van der Waals surface area contributed by atoms with Gasteiger partial charge in [-0.05, 0) is 38.0 Å². The van der Waals surface area contributed by atoms with E-state index in [1.54, 1.807) is 11.0 Å². The number of hydrogen-bond acceptors (Lipinski definition) is 2. The molecule has 0 radical (unpaired) electrons. The molecule has 1 aromatic rings. The van der Waals surface area contributed by atoms with E-state index in [9.17, 15) is 9.18 Å². The molecule has 4 heteroatoms. The van der Waals surface area contributed by atoms with Gasteiger partial charge in [-0.25, -0.2) is 4.39 Å².